The van der Waals surface area contributed by atoms with E-state index in [0.29, 0.717) is 22.3 Å². The van der Waals surface area contributed by atoms with Gasteiger partial charge in [0.25, 0.3) is 0 Å². The van der Waals surface area contributed by atoms with Crippen LogP contribution in [0.5, 0.6) is 0 Å². The number of nitrogens with zero attached hydrogens (tertiary/aromatic N) is 1. The van der Waals surface area contributed by atoms with Crippen LogP contribution in [0.1, 0.15) is 17.2 Å². The standard InChI is InChI=1S/C18H18Cl2N2OS/c1-12-2-7-16(15(20)10-12)21-18(23)22-8-9-24-11-17(22)13-3-5-14(19)6-4-13/h2-7,10,17H,8-9,11H2,1H3,(H,21,23)/t17-/m0/s1. The van der Waals surface area contributed by atoms with Crippen molar-refractivity contribution in [2.75, 3.05) is 23.4 Å². The summed E-state index contributed by atoms with van der Waals surface area (Å²) in [6.45, 7) is 2.67. The van der Waals surface area contributed by atoms with Crippen LogP contribution in [0, 0.1) is 6.92 Å². The second-order valence-electron chi connectivity index (χ2n) is 5.75. The van der Waals surface area contributed by atoms with Crippen molar-refractivity contribution in [2.24, 2.45) is 0 Å². The predicted molar refractivity (Wildman–Crippen MR) is 103 cm³/mol. The molecule has 1 saturated heterocycles. The Kier molecular flexibility index (Phi) is 5.59. The molecule has 1 aliphatic heterocycles. The number of halogens is 2. The van der Waals surface area contributed by atoms with Gasteiger partial charge in [-0.2, -0.15) is 11.8 Å². The SMILES string of the molecule is Cc1ccc(NC(=O)N2CCSC[C@H]2c2ccc(Cl)cc2)c(Cl)c1. The fraction of sp³-hybridized carbons (Fsp3) is 0.278. The fourth-order valence-corrected chi connectivity index (χ4v) is 4.21. The van der Waals surface area contributed by atoms with Gasteiger partial charge in [-0.3, -0.25) is 0 Å². The summed E-state index contributed by atoms with van der Waals surface area (Å²) in [7, 11) is 0. The van der Waals surface area contributed by atoms with E-state index < -0.39 is 0 Å². The van der Waals surface area contributed by atoms with Crippen molar-refractivity contribution in [1.82, 2.24) is 4.90 Å². The Morgan fingerprint density at radius 3 is 2.67 bits per heavy atom. The number of aryl methyl sites for hydroxylation is 1. The summed E-state index contributed by atoms with van der Waals surface area (Å²) in [6, 6.07) is 13.2. The van der Waals surface area contributed by atoms with Gasteiger partial charge in [0.15, 0.2) is 0 Å². The van der Waals surface area contributed by atoms with Crippen molar-refractivity contribution in [2.45, 2.75) is 13.0 Å². The minimum absolute atomic E-state index is 0.0326. The molecule has 0 bridgehead atoms. The van der Waals surface area contributed by atoms with E-state index >= 15 is 0 Å². The number of urea groups is 1. The Labute approximate surface area is 156 Å². The molecule has 0 aromatic heterocycles. The lowest BCUT2D eigenvalue weighted by molar-refractivity contribution is 0.196. The highest BCUT2D eigenvalue weighted by Crippen LogP contribution is 2.31. The molecular weight excluding hydrogens is 363 g/mol. The van der Waals surface area contributed by atoms with Crippen LogP contribution in [0.2, 0.25) is 10.0 Å². The molecule has 1 N–H and O–H groups in total. The average Bonchev–Trinajstić information content (AvgIpc) is 2.58. The number of rotatable bonds is 2. The van der Waals surface area contributed by atoms with E-state index in [2.05, 4.69) is 5.32 Å². The zero-order chi connectivity index (χ0) is 17.1. The summed E-state index contributed by atoms with van der Waals surface area (Å²) in [5.41, 5.74) is 2.79. The van der Waals surface area contributed by atoms with E-state index in [4.69, 9.17) is 23.2 Å². The predicted octanol–water partition coefficient (Wildman–Crippen LogP) is 5.62. The number of benzene rings is 2. The van der Waals surface area contributed by atoms with Crippen LogP contribution >= 0.6 is 35.0 Å². The molecule has 2 aromatic carbocycles. The van der Waals surface area contributed by atoms with E-state index in [1.54, 1.807) is 0 Å². The van der Waals surface area contributed by atoms with Crippen molar-refractivity contribution in [3.05, 3.63) is 63.6 Å². The summed E-state index contributed by atoms with van der Waals surface area (Å²) in [5.74, 6) is 1.80. The zero-order valence-electron chi connectivity index (χ0n) is 13.3. The van der Waals surface area contributed by atoms with Crippen molar-refractivity contribution < 1.29 is 4.79 Å². The molecule has 1 heterocycles. The molecule has 1 fully saturated rings. The summed E-state index contributed by atoms with van der Waals surface area (Å²) >= 11 is 14.1. The smallest absolute Gasteiger partial charge is 0.316 e. The van der Waals surface area contributed by atoms with Gasteiger partial charge in [0.05, 0.1) is 16.8 Å². The van der Waals surface area contributed by atoms with Gasteiger partial charge >= 0.3 is 6.03 Å². The van der Waals surface area contributed by atoms with Crippen molar-refractivity contribution in [3.63, 3.8) is 0 Å². The van der Waals surface area contributed by atoms with Gasteiger partial charge in [-0.05, 0) is 42.3 Å². The maximum Gasteiger partial charge on any atom is 0.322 e. The number of nitrogens with one attached hydrogen (secondary N) is 1. The van der Waals surface area contributed by atoms with Crippen molar-refractivity contribution >= 4 is 46.7 Å². The third-order valence-electron chi connectivity index (χ3n) is 4.01. The number of carbonyl (C=O) groups is 1. The summed E-state index contributed by atoms with van der Waals surface area (Å²) in [4.78, 5) is 14.6. The van der Waals surface area contributed by atoms with Gasteiger partial charge in [-0.1, -0.05) is 41.4 Å². The van der Waals surface area contributed by atoms with Crippen LogP contribution in [0.3, 0.4) is 0 Å². The molecule has 6 heteroatoms. The highest BCUT2D eigenvalue weighted by Gasteiger charge is 2.28. The molecule has 0 radical (unpaired) electrons. The van der Waals surface area contributed by atoms with E-state index in [9.17, 15) is 4.79 Å². The van der Waals surface area contributed by atoms with Crippen LogP contribution < -0.4 is 5.32 Å². The highest BCUT2D eigenvalue weighted by molar-refractivity contribution is 7.99. The highest BCUT2D eigenvalue weighted by atomic mass is 35.5. The Balaban J connectivity index is 1.79. The summed E-state index contributed by atoms with van der Waals surface area (Å²) in [6.07, 6.45) is 0. The van der Waals surface area contributed by atoms with E-state index in [1.165, 1.54) is 0 Å². The molecule has 3 rings (SSSR count). The van der Waals surface area contributed by atoms with Crippen LogP contribution in [0.4, 0.5) is 10.5 Å². The Bertz CT molecular complexity index is 736. The van der Waals surface area contributed by atoms with Gasteiger partial charge < -0.3 is 10.2 Å². The first-order valence-electron chi connectivity index (χ1n) is 7.71. The second kappa shape index (κ2) is 7.68. The number of hydrogen-bond acceptors (Lipinski definition) is 2. The van der Waals surface area contributed by atoms with Crippen molar-refractivity contribution in [1.29, 1.82) is 0 Å². The number of thioether (sulfide) groups is 1. The van der Waals surface area contributed by atoms with Gasteiger partial charge in [-0.15, -0.1) is 0 Å². The first-order chi connectivity index (χ1) is 11.5. The second-order valence-corrected chi connectivity index (χ2v) is 7.74. The molecule has 0 aliphatic carbocycles. The number of anilines is 1. The zero-order valence-corrected chi connectivity index (χ0v) is 15.6. The molecule has 126 valence electrons. The molecule has 3 nitrogen and oxygen atoms in total. The lowest BCUT2D eigenvalue weighted by Gasteiger charge is -2.35. The number of carbonyl (C=O) groups excluding carboxylic acids is 1. The summed E-state index contributed by atoms with van der Waals surface area (Å²) < 4.78 is 0. The van der Waals surface area contributed by atoms with Gasteiger partial charge in [0.1, 0.15) is 0 Å². The minimum atomic E-state index is -0.124. The monoisotopic (exact) mass is 380 g/mol. The maximum atomic E-state index is 12.8. The topological polar surface area (TPSA) is 32.3 Å². The van der Waals surface area contributed by atoms with E-state index in [1.807, 2.05) is 66.1 Å². The first kappa shape index (κ1) is 17.5. The minimum Gasteiger partial charge on any atom is -0.316 e. The quantitative estimate of drug-likeness (QED) is 0.732. The molecule has 0 saturated carbocycles. The average molecular weight is 381 g/mol. The maximum absolute atomic E-state index is 12.8. The lowest BCUT2D eigenvalue weighted by Crippen LogP contribution is -2.43. The largest absolute Gasteiger partial charge is 0.322 e. The van der Waals surface area contributed by atoms with Crippen LogP contribution in [0.25, 0.3) is 0 Å². The third-order valence-corrected chi connectivity index (χ3v) is 5.60. The van der Waals surface area contributed by atoms with E-state index in [-0.39, 0.29) is 12.1 Å². The number of hydrogen-bond donors (Lipinski definition) is 1. The molecule has 2 aromatic rings. The van der Waals surface area contributed by atoms with Crippen LogP contribution in [0.15, 0.2) is 42.5 Å². The fourth-order valence-electron chi connectivity index (χ4n) is 2.72. The molecule has 1 aliphatic rings. The molecule has 24 heavy (non-hydrogen) atoms. The lowest BCUT2D eigenvalue weighted by atomic mass is 10.1. The van der Waals surface area contributed by atoms with Crippen molar-refractivity contribution in [3.8, 4) is 0 Å². The van der Waals surface area contributed by atoms with Gasteiger partial charge in [0.2, 0.25) is 0 Å². The molecule has 0 unspecified atom stereocenters. The molecule has 2 amide bonds. The Hall–Kier alpha value is -1.36. The van der Waals surface area contributed by atoms with Gasteiger partial charge in [0, 0.05) is 23.1 Å². The molecule has 1 atom stereocenters. The first-order valence-corrected chi connectivity index (χ1v) is 9.62. The Morgan fingerprint density at radius 1 is 1.21 bits per heavy atom. The van der Waals surface area contributed by atoms with Crippen LogP contribution in [-0.2, 0) is 0 Å². The van der Waals surface area contributed by atoms with E-state index in [0.717, 1.165) is 22.6 Å². The number of amides is 2. The van der Waals surface area contributed by atoms with Crippen LogP contribution in [-0.4, -0.2) is 29.0 Å². The molecule has 0 spiro atoms. The molecular formula is C18H18Cl2N2OS. The van der Waals surface area contributed by atoms with Gasteiger partial charge in [-0.25, -0.2) is 4.79 Å². The third kappa shape index (κ3) is 4.00. The summed E-state index contributed by atoms with van der Waals surface area (Å²) in [5, 5.41) is 4.19. The normalized spacial score (nSPS) is 17.6. The Morgan fingerprint density at radius 2 is 1.96 bits per heavy atom.